The molecule has 0 saturated carbocycles. The van der Waals surface area contributed by atoms with Crippen LogP contribution in [0, 0.1) is 11.3 Å². The number of pyridine rings is 1. The standard InChI is InChI=1S/C17H15N3O3/c18-9-12-1-4-14(5-2-12)20-17(21)13-3-6-16(19-10-13)23-15-7-8-22-11-15/h1-6,10,15H,7-8,11H2,(H,20,21). The highest BCUT2D eigenvalue weighted by atomic mass is 16.5. The highest BCUT2D eigenvalue weighted by Crippen LogP contribution is 2.16. The monoisotopic (exact) mass is 309 g/mol. The molecule has 1 unspecified atom stereocenters. The highest BCUT2D eigenvalue weighted by Gasteiger charge is 2.17. The number of nitrogens with one attached hydrogen (secondary N) is 1. The predicted molar refractivity (Wildman–Crippen MR) is 83.2 cm³/mol. The van der Waals surface area contributed by atoms with E-state index < -0.39 is 0 Å². The molecule has 0 aliphatic carbocycles. The minimum absolute atomic E-state index is 0.0285. The molecule has 6 nitrogen and oxygen atoms in total. The summed E-state index contributed by atoms with van der Waals surface area (Å²) < 4.78 is 10.9. The summed E-state index contributed by atoms with van der Waals surface area (Å²) >= 11 is 0. The zero-order valence-corrected chi connectivity index (χ0v) is 12.4. The van der Waals surface area contributed by atoms with Crippen LogP contribution in [0.4, 0.5) is 5.69 Å². The second-order valence-corrected chi connectivity index (χ2v) is 5.13. The van der Waals surface area contributed by atoms with E-state index in [9.17, 15) is 4.79 Å². The summed E-state index contributed by atoms with van der Waals surface area (Å²) in [4.78, 5) is 16.3. The molecule has 1 amide bonds. The van der Waals surface area contributed by atoms with Crippen LogP contribution < -0.4 is 10.1 Å². The minimum atomic E-state index is -0.266. The SMILES string of the molecule is N#Cc1ccc(NC(=O)c2ccc(OC3CCOC3)nc2)cc1. The third-order valence-corrected chi connectivity index (χ3v) is 3.45. The van der Waals surface area contributed by atoms with Crippen molar-refractivity contribution in [3.8, 4) is 11.9 Å². The number of anilines is 1. The number of rotatable bonds is 4. The minimum Gasteiger partial charge on any atom is -0.472 e. The Balaban J connectivity index is 1.61. The molecule has 2 aromatic rings. The van der Waals surface area contributed by atoms with Crippen LogP contribution in [0.5, 0.6) is 5.88 Å². The molecule has 1 fully saturated rings. The number of aromatic nitrogens is 1. The van der Waals surface area contributed by atoms with Crippen molar-refractivity contribution in [1.29, 1.82) is 5.26 Å². The molecule has 1 atom stereocenters. The van der Waals surface area contributed by atoms with Gasteiger partial charge in [-0.15, -0.1) is 0 Å². The summed E-state index contributed by atoms with van der Waals surface area (Å²) in [7, 11) is 0. The van der Waals surface area contributed by atoms with Gasteiger partial charge in [0.05, 0.1) is 30.4 Å². The van der Waals surface area contributed by atoms with Gasteiger partial charge in [0.2, 0.25) is 5.88 Å². The van der Waals surface area contributed by atoms with E-state index in [0.29, 0.717) is 35.9 Å². The van der Waals surface area contributed by atoms with Gasteiger partial charge in [-0.2, -0.15) is 5.26 Å². The van der Waals surface area contributed by atoms with E-state index in [1.54, 1.807) is 36.4 Å². The third kappa shape index (κ3) is 3.84. The Bertz CT molecular complexity index is 714. The van der Waals surface area contributed by atoms with Crippen molar-refractivity contribution in [2.45, 2.75) is 12.5 Å². The highest BCUT2D eigenvalue weighted by molar-refractivity contribution is 6.04. The lowest BCUT2D eigenvalue weighted by Crippen LogP contribution is -2.17. The molecule has 1 aromatic heterocycles. The zero-order valence-electron chi connectivity index (χ0n) is 12.4. The number of carbonyl (C=O) groups excluding carboxylic acids is 1. The third-order valence-electron chi connectivity index (χ3n) is 3.45. The topological polar surface area (TPSA) is 84.2 Å². The molecular weight excluding hydrogens is 294 g/mol. The Morgan fingerprint density at radius 2 is 2.13 bits per heavy atom. The van der Waals surface area contributed by atoms with Crippen molar-refractivity contribution in [2.24, 2.45) is 0 Å². The first-order chi connectivity index (χ1) is 11.2. The fraction of sp³-hybridized carbons (Fsp3) is 0.235. The van der Waals surface area contributed by atoms with Gasteiger partial charge in [0.15, 0.2) is 0 Å². The van der Waals surface area contributed by atoms with Gasteiger partial charge in [0, 0.05) is 24.4 Å². The Morgan fingerprint density at radius 1 is 1.30 bits per heavy atom. The van der Waals surface area contributed by atoms with E-state index in [2.05, 4.69) is 10.3 Å². The van der Waals surface area contributed by atoms with Crippen LogP contribution in [0.25, 0.3) is 0 Å². The summed E-state index contributed by atoms with van der Waals surface area (Å²) in [6, 6.07) is 12.0. The lowest BCUT2D eigenvalue weighted by molar-refractivity contribution is 0.102. The van der Waals surface area contributed by atoms with Crippen LogP contribution in [0.3, 0.4) is 0 Å². The van der Waals surface area contributed by atoms with Gasteiger partial charge in [0.1, 0.15) is 6.10 Å². The zero-order chi connectivity index (χ0) is 16.1. The summed E-state index contributed by atoms with van der Waals surface area (Å²) in [5.41, 5.74) is 1.60. The average Bonchev–Trinajstić information content (AvgIpc) is 3.09. The van der Waals surface area contributed by atoms with Crippen molar-refractivity contribution < 1.29 is 14.3 Å². The van der Waals surface area contributed by atoms with E-state index in [1.165, 1.54) is 6.20 Å². The van der Waals surface area contributed by atoms with Crippen LogP contribution in [0.2, 0.25) is 0 Å². The van der Waals surface area contributed by atoms with Crippen molar-refractivity contribution in [2.75, 3.05) is 18.5 Å². The molecule has 2 heterocycles. The Kier molecular flexibility index (Phi) is 4.50. The maximum atomic E-state index is 12.1. The number of amides is 1. The summed E-state index contributed by atoms with van der Waals surface area (Å²) in [5, 5.41) is 11.5. The fourth-order valence-corrected chi connectivity index (χ4v) is 2.19. The molecule has 1 aliphatic heterocycles. The lowest BCUT2D eigenvalue weighted by Gasteiger charge is -2.11. The number of hydrogen-bond donors (Lipinski definition) is 1. The molecule has 0 spiro atoms. The van der Waals surface area contributed by atoms with Crippen molar-refractivity contribution in [1.82, 2.24) is 4.98 Å². The van der Waals surface area contributed by atoms with Gasteiger partial charge < -0.3 is 14.8 Å². The maximum absolute atomic E-state index is 12.1. The first-order valence-electron chi connectivity index (χ1n) is 7.26. The number of ether oxygens (including phenoxy) is 2. The fourth-order valence-electron chi connectivity index (χ4n) is 2.19. The molecule has 6 heteroatoms. The lowest BCUT2D eigenvalue weighted by atomic mass is 10.2. The second kappa shape index (κ2) is 6.90. The number of nitriles is 1. The van der Waals surface area contributed by atoms with Gasteiger partial charge >= 0.3 is 0 Å². The summed E-state index contributed by atoms with van der Waals surface area (Å²) in [6.07, 6.45) is 2.35. The average molecular weight is 309 g/mol. The van der Waals surface area contributed by atoms with E-state index >= 15 is 0 Å². The molecule has 0 bridgehead atoms. The quantitative estimate of drug-likeness (QED) is 0.937. The Morgan fingerprint density at radius 3 is 2.74 bits per heavy atom. The van der Waals surface area contributed by atoms with E-state index in [1.807, 2.05) is 6.07 Å². The van der Waals surface area contributed by atoms with E-state index in [-0.39, 0.29) is 12.0 Å². The molecule has 23 heavy (non-hydrogen) atoms. The van der Waals surface area contributed by atoms with Gasteiger partial charge in [0.25, 0.3) is 5.91 Å². The van der Waals surface area contributed by atoms with Gasteiger partial charge in [-0.05, 0) is 30.3 Å². The number of carbonyl (C=O) groups is 1. The number of benzene rings is 1. The van der Waals surface area contributed by atoms with Gasteiger partial charge in [-0.25, -0.2) is 4.98 Å². The van der Waals surface area contributed by atoms with Crippen LogP contribution >= 0.6 is 0 Å². The molecule has 3 rings (SSSR count). The largest absolute Gasteiger partial charge is 0.472 e. The van der Waals surface area contributed by atoms with E-state index in [0.717, 1.165) is 6.42 Å². The second-order valence-electron chi connectivity index (χ2n) is 5.13. The van der Waals surface area contributed by atoms with Crippen LogP contribution in [-0.2, 0) is 4.74 Å². The molecule has 1 aliphatic rings. The molecule has 1 N–H and O–H groups in total. The first kappa shape index (κ1) is 15.0. The Hall–Kier alpha value is -2.91. The smallest absolute Gasteiger partial charge is 0.257 e. The van der Waals surface area contributed by atoms with Crippen LogP contribution in [0.15, 0.2) is 42.6 Å². The van der Waals surface area contributed by atoms with Gasteiger partial charge in [-0.3, -0.25) is 4.79 Å². The summed E-state index contributed by atoms with van der Waals surface area (Å²) in [6.45, 7) is 1.28. The first-order valence-corrected chi connectivity index (χ1v) is 7.26. The summed E-state index contributed by atoms with van der Waals surface area (Å²) in [5.74, 6) is 0.216. The van der Waals surface area contributed by atoms with Crippen LogP contribution in [-0.4, -0.2) is 30.2 Å². The Labute approximate surface area is 133 Å². The molecule has 1 aromatic carbocycles. The molecule has 1 saturated heterocycles. The predicted octanol–water partition coefficient (Wildman–Crippen LogP) is 2.37. The van der Waals surface area contributed by atoms with Crippen LogP contribution in [0.1, 0.15) is 22.3 Å². The molecule has 116 valence electrons. The van der Waals surface area contributed by atoms with Crippen molar-refractivity contribution >= 4 is 11.6 Å². The molecule has 0 radical (unpaired) electrons. The normalized spacial score (nSPS) is 16.6. The van der Waals surface area contributed by atoms with Crippen molar-refractivity contribution in [3.05, 3.63) is 53.7 Å². The van der Waals surface area contributed by atoms with E-state index in [4.69, 9.17) is 14.7 Å². The number of nitrogens with zero attached hydrogens (tertiary/aromatic N) is 2. The molecular formula is C17H15N3O3. The van der Waals surface area contributed by atoms with Crippen molar-refractivity contribution in [3.63, 3.8) is 0 Å². The maximum Gasteiger partial charge on any atom is 0.257 e. The van der Waals surface area contributed by atoms with Gasteiger partial charge in [-0.1, -0.05) is 0 Å². The number of hydrogen-bond acceptors (Lipinski definition) is 5.